The lowest BCUT2D eigenvalue weighted by Gasteiger charge is -2.42. The first kappa shape index (κ1) is 23.5. The molecule has 0 unspecified atom stereocenters. The number of benzene rings is 1. The number of likely N-dealkylation sites (tertiary alicyclic amines) is 1. The molecule has 2 atom stereocenters. The minimum absolute atomic E-state index is 0.0777. The van der Waals surface area contributed by atoms with Crippen LogP contribution in [0.5, 0.6) is 0 Å². The second-order valence-electron chi connectivity index (χ2n) is 10.1. The topological polar surface area (TPSA) is 68.1 Å². The van der Waals surface area contributed by atoms with E-state index in [-0.39, 0.29) is 30.0 Å². The molecule has 0 aromatic heterocycles. The highest BCUT2D eigenvalue weighted by atomic mass is 19.1. The number of quaternary nitrogens is 1. The summed E-state index contributed by atoms with van der Waals surface area (Å²) in [5.41, 5.74) is 0.631. The fourth-order valence-corrected chi connectivity index (χ4v) is 4.92. The summed E-state index contributed by atoms with van der Waals surface area (Å²) < 4.78 is 13.2. The first-order chi connectivity index (χ1) is 14.6. The molecule has 3 rings (SSSR count). The van der Waals surface area contributed by atoms with Gasteiger partial charge in [-0.3, -0.25) is 4.79 Å². The van der Waals surface area contributed by atoms with E-state index in [2.05, 4.69) is 4.90 Å². The number of piperidine rings is 1. The molecule has 0 bridgehead atoms. The summed E-state index contributed by atoms with van der Waals surface area (Å²) in [6.07, 6.45) is 1.72. The zero-order valence-electron chi connectivity index (χ0n) is 19.0. The van der Waals surface area contributed by atoms with Gasteiger partial charge in [0.05, 0.1) is 32.7 Å². The van der Waals surface area contributed by atoms with E-state index in [0.29, 0.717) is 13.1 Å². The Morgan fingerprint density at radius 3 is 2.32 bits per heavy atom. The smallest absolute Gasteiger partial charge is 0.227 e. The molecule has 2 aliphatic heterocycles. The highest BCUT2D eigenvalue weighted by Crippen LogP contribution is 2.31. The van der Waals surface area contributed by atoms with Gasteiger partial charge in [0.2, 0.25) is 5.91 Å². The maximum absolute atomic E-state index is 13.2. The van der Waals surface area contributed by atoms with Crippen molar-refractivity contribution in [1.29, 1.82) is 0 Å². The Balaban J connectivity index is 1.54. The van der Waals surface area contributed by atoms with E-state index in [1.54, 1.807) is 0 Å². The number of anilines is 1. The molecule has 0 spiro atoms. The molecule has 2 saturated heterocycles. The van der Waals surface area contributed by atoms with E-state index in [0.717, 1.165) is 51.3 Å². The van der Waals surface area contributed by atoms with Crippen LogP contribution < -0.4 is 14.9 Å². The summed E-state index contributed by atoms with van der Waals surface area (Å²) in [4.78, 5) is 29.7. The molecule has 172 valence electrons. The van der Waals surface area contributed by atoms with Gasteiger partial charge >= 0.3 is 0 Å². The molecule has 1 N–H and O–H groups in total. The molecular weight excluding hydrogens is 397 g/mol. The first-order valence-electron chi connectivity index (χ1n) is 11.5. The van der Waals surface area contributed by atoms with Gasteiger partial charge < -0.3 is 24.6 Å². The van der Waals surface area contributed by atoms with Gasteiger partial charge in [0.25, 0.3) is 0 Å². The minimum Gasteiger partial charge on any atom is -0.550 e. The molecule has 2 heterocycles. The lowest BCUT2D eigenvalue weighted by Crippen LogP contribution is -3.15. The molecule has 2 fully saturated rings. The fraction of sp³-hybridized carbons (Fsp3) is 0.667. The molecule has 0 radical (unpaired) electrons. The Hall–Kier alpha value is -2.15. The summed E-state index contributed by atoms with van der Waals surface area (Å²) in [5, 5.41) is 11.3. The monoisotopic (exact) mass is 433 g/mol. The second-order valence-corrected chi connectivity index (χ2v) is 10.1. The summed E-state index contributed by atoms with van der Waals surface area (Å²) in [5.74, 6) is -0.796. The first-order valence-corrected chi connectivity index (χ1v) is 11.5. The predicted octanol–water partition coefficient (Wildman–Crippen LogP) is 0.572. The van der Waals surface area contributed by atoms with Gasteiger partial charge in [-0.25, -0.2) is 4.39 Å². The number of carbonyl (C=O) groups excluding carboxylic acids is 2. The van der Waals surface area contributed by atoms with Crippen LogP contribution in [0.1, 0.15) is 40.0 Å². The molecule has 0 saturated carbocycles. The maximum Gasteiger partial charge on any atom is 0.227 e. The van der Waals surface area contributed by atoms with Gasteiger partial charge in [-0.2, -0.15) is 0 Å². The van der Waals surface area contributed by atoms with Crippen LogP contribution in [-0.4, -0.2) is 62.6 Å². The van der Waals surface area contributed by atoms with Crippen molar-refractivity contribution < 1.29 is 24.0 Å². The molecule has 2 aliphatic rings. The lowest BCUT2D eigenvalue weighted by molar-refractivity contribution is -0.901. The van der Waals surface area contributed by atoms with Crippen molar-refractivity contribution in [3.63, 3.8) is 0 Å². The van der Waals surface area contributed by atoms with Crippen LogP contribution in [0.25, 0.3) is 0 Å². The fourth-order valence-electron chi connectivity index (χ4n) is 4.92. The van der Waals surface area contributed by atoms with Gasteiger partial charge in [-0.1, -0.05) is 20.8 Å². The Kier molecular flexibility index (Phi) is 7.57. The summed E-state index contributed by atoms with van der Waals surface area (Å²) in [6, 6.07) is 6.65. The molecule has 7 heteroatoms. The summed E-state index contributed by atoms with van der Waals surface area (Å²) >= 11 is 0. The molecule has 1 aromatic carbocycles. The Morgan fingerprint density at radius 1 is 1.10 bits per heavy atom. The number of halogens is 1. The number of nitrogens with one attached hydrogen (secondary N) is 1. The van der Waals surface area contributed by atoms with Crippen LogP contribution in [0.15, 0.2) is 24.3 Å². The van der Waals surface area contributed by atoms with E-state index >= 15 is 0 Å². The van der Waals surface area contributed by atoms with Gasteiger partial charge in [-0.15, -0.1) is 0 Å². The quantitative estimate of drug-likeness (QED) is 0.712. The average Bonchev–Trinajstić information content (AvgIpc) is 2.72. The molecule has 0 aliphatic carbocycles. The largest absolute Gasteiger partial charge is 0.550 e. The maximum atomic E-state index is 13.2. The number of hydrogen-bond acceptors (Lipinski definition) is 4. The number of rotatable bonds is 6. The molecule has 6 nitrogen and oxygen atoms in total. The third-order valence-electron chi connectivity index (χ3n) is 6.78. The highest BCUT2D eigenvalue weighted by Gasteiger charge is 2.36. The van der Waals surface area contributed by atoms with Gasteiger partial charge in [0.15, 0.2) is 0 Å². The Morgan fingerprint density at radius 2 is 1.74 bits per heavy atom. The number of amides is 1. The van der Waals surface area contributed by atoms with Gasteiger partial charge in [-0.05, 0) is 48.9 Å². The third-order valence-corrected chi connectivity index (χ3v) is 6.78. The second kappa shape index (κ2) is 9.98. The van der Waals surface area contributed by atoms with Crippen LogP contribution in [0.3, 0.4) is 0 Å². The van der Waals surface area contributed by atoms with Gasteiger partial charge in [0, 0.05) is 36.6 Å². The van der Waals surface area contributed by atoms with E-state index in [9.17, 15) is 19.1 Å². The minimum atomic E-state index is -0.995. The molecule has 31 heavy (non-hydrogen) atoms. The van der Waals surface area contributed by atoms with Crippen molar-refractivity contribution in [3.05, 3.63) is 30.1 Å². The number of carboxylic acids is 1. The van der Waals surface area contributed by atoms with Crippen LogP contribution >= 0.6 is 0 Å². The average molecular weight is 434 g/mol. The van der Waals surface area contributed by atoms with Crippen molar-refractivity contribution in [2.45, 2.75) is 40.0 Å². The Labute approximate surface area is 185 Å². The van der Waals surface area contributed by atoms with Gasteiger partial charge in [0.1, 0.15) is 5.82 Å². The summed E-state index contributed by atoms with van der Waals surface area (Å²) in [6.45, 7) is 11.9. The number of aliphatic carboxylic acids is 1. The van der Waals surface area contributed by atoms with Crippen molar-refractivity contribution in [1.82, 2.24) is 4.90 Å². The lowest BCUT2D eigenvalue weighted by atomic mass is 9.80. The number of nitrogens with zero attached hydrogens (tertiary/aromatic N) is 2. The van der Waals surface area contributed by atoms with Crippen molar-refractivity contribution in [3.8, 4) is 0 Å². The van der Waals surface area contributed by atoms with Crippen LogP contribution in [-0.2, 0) is 9.59 Å². The van der Waals surface area contributed by atoms with E-state index in [1.807, 2.05) is 37.8 Å². The molecule has 1 aromatic rings. The van der Waals surface area contributed by atoms with Crippen molar-refractivity contribution in [2.75, 3.05) is 50.7 Å². The number of carbonyl (C=O) groups is 2. The van der Waals surface area contributed by atoms with Crippen LogP contribution in [0, 0.1) is 23.1 Å². The standard InChI is InChI=1S/C24H36FN3O3/c1-24(2,3)23(31)28-11-9-18(16-22(29)30)19(17-28)8-10-26-12-14-27(15-13-26)21-6-4-20(25)5-7-21/h4-7,18-19H,8-17H2,1-3H3,(H,29,30)/t18-,19-/m0/s1. The number of hydrogen-bond donors (Lipinski definition) is 1. The predicted molar refractivity (Wildman–Crippen MR) is 116 cm³/mol. The highest BCUT2D eigenvalue weighted by molar-refractivity contribution is 5.81. The van der Waals surface area contributed by atoms with Crippen molar-refractivity contribution >= 4 is 17.6 Å². The van der Waals surface area contributed by atoms with E-state index in [4.69, 9.17) is 0 Å². The van der Waals surface area contributed by atoms with Crippen LogP contribution in [0.2, 0.25) is 0 Å². The Bertz CT molecular complexity index is 754. The zero-order chi connectivity index (χ0) is 22.6. The van der Waals surface area contributed by atoms with Crippen LogP contribution in [0.4, 0.5) is 10.1 Å². The molecule has 1 amide bonds. The van der Waals surface area contributed by atoms with E-state index in [1.165, 1.54) is 17.0 Å². The number of carboxylic acid groups (broad SMARTS) is 1. The van der Waals surface area contributed by atoms with E-state index < -0.39 is 11.4 Å². The summed E-state index contributed by atoms with van der Waals surface area (Å²) in [7, 11) is 0. The number of piperazine rings is 1. The molecular formula is C24H36FN3O3. The third kappa shape index (κ3) is 6.42. The van der Waals surface area contributed by atoms with Crippen molar-refractivity contribution in [2.24, 2.45) is 17.3 Å². The normalized spacial score (nSPS) is 23.1. The zero-order valence-corrected chi connectivity index (χ0v) is 19.0. The SMILES string of the molecule is CC(C)(C)C(=O)N1CC[C@@H](CC(=O)[O-])[C@@H](CC[NH+]2CCN(c3ccc(F)cc3)CC2)C1.